The minimum absolute atomic E-state index is 0.202. The third-order valence-corrected chi connectivity index (χ3v) is 2.97. The van der Waals surface area contributed by atoms with Gasteiger partial charge in [0.2, 0.25) is 0 Å². The fourth-order valence-corrected chi connectivity index (χ4v) is 1.98. The summed E-state index contributed by atoms with van der Waals surface area (Å²) in [5.41, 5.74) is -0.791. The second kappa shape index (κ2) is 4.78. The summed E-state index contributed by atoms with van der Waals surface area (Å²) in [6.45, 7) is 0. The largest absolute Gasteiger partial charge is 0.472 e. The third kappa shape index (κ3) is 2.59. The number of benzene rings is 1. The molecule has 1 atom stereocenters. The van der Waals surface area contributed by atoms with E-state index in [-0.39, 0.29) is 11.1 Å². The Morgan fingerprint density at radius 1 is 1.22 bits per heavy atom. The van der Waals surface area contributed by atoms with Crippen LogP contribution in [0.5, 0.6) is 0 Å². The van der Waals surface area contributed by atoms with Gasteiger partial charge in [0.15, 0.2) is 0 Å². The maximum atomic E-state index is 12.9. The second-order valence-electron chi connectivity index (χ2n) is 3.69. The number of halogens is 4. The van der Waals surface area contributed by atoms with Crippen LogP contribution in [0, 0.1) is 0 Å². The molecule has 96 valence electrons. The molecule has 0 radical (unpaired) electrons. The highest BCUT2D eigenvalue weighted by Crippen LogP contribution is 2.38. The lowest BCUT2D eigenvalue weighted by molar-refractivity contribution is -0.139. The van der Waals surface area contributed by atoms with Crippen LogP contribution in [0.15, 0.2) is 45.7 Å². The van der Waals surface area contributed by atoms with E-state index in [0.717, 1.165) is 6.07 Å². The molecule has 1 unspecified atom stereocenters. The Kier molecular flexibility index (Phi) is 3.49. The normalized spacial score (nSPS) is 13.6. The molecule has 0 saturated carbocycles. The van der Waals surface area contributed by atoms with Crippen LogP contribution >= 0.6 is 15.9 Å². The highest BCUT2D eigenvalue weighted by Gasteiger charge is 2.35. The first kappa shape index (κ1) is 13.2. The fraction of sp³-hybridized carbons (Fsp3) is 0.167. The highest BCUT2D eigenvalue weighted by atomic mass is 79.9. The topological polar surface area (TPSA) is 33.4 Å². The first-order valence-electron chi connectivity index (χ1n) is 4.96. The summed E-state index contributed by atoms with van der Waals surface area (Å²) in [7, 11) is 0. The third-order valence-electron chi connectivity index (χ3n) is 2.47. The lowest BCUT2D eigenvalue weighted by atomic mass is 9.98. The second-order valence-corrected chi connectivity index (χ2v) is 4.60. The van der Waals surface area contributed by atoms with Gasteiger partial charge in [0.05, 0.1) is 18.1 Å². The Morgan fingerprint density at radius 3 is 2.50 bits per heavy atom. The van der Waals surface area contributed by atoms with Crippen molar-refractivity contribution in [1.29, 1.82) is 0 Å². The van der Waals surface area contributed by atoms with E-state index in [1.807, 2.05) is 0 Å². The minimum Gasteiger partial charge on any atom is -0.472 e. The number of hydrogen-bond acceptors (Lipinski definition) is 2. The Morgan fingerprint density at radius 2 is 1.94 bits per heavy atom. The summed E-state index contributed by atoms with van der Waals surface area (Å²) < 4.78 is 43.7. The highest BCUT2D eigenvalue weighted by molar-refractivity contribution is 9.10. The van der Waals surface area contributed by atoms with Gasteiger partial charge >= 0.3 is 6.18 Å². The zero-order valence-corrected chi connectivity index (χ0v) is 10.5. The molecular weight excluding hydrogens is 313 g/mol. The van der Waals surface area contributed by atoms with Crippen molar-refractivity contribution in [2.24, 2.45) is 0 Å². The minimum atomic E-state index is -4.52. The molecule has 0 fully saturated rings. The van der Waals surface area contributed by atoms with Gasteiger partial charge in [0.25, 0.3) is 0 Å². The van der Waals surface area contributed by atoms with Crippen LogP contribution in [0.2, 0.25) is 0 Å². The molecular formula is C12H8BrF3O2. The molecule has 0 saturated heterocycles. The molecule has 2 aromatic rings. The predicted octanol–water partition coefficient (Wildman–Crippen LogP) is 4.14. The molecule has 1 aromatic heterocycles. The van der Waals surface area contributed by atoms with Crippen LogP contribution in [0.3, 0.4) is 0 Å². The molecule has 0 spiro atoms. The van der Waals surface area contributed by atoms with Crippen molar-refractivity contribution in [2.45, 2.75) is 12.3 Å². The van der Waals surface area contributed by atoms with E-state index in [4.69, 9.17) is 4.42 Å². The van der Waals surface area contributed by atoms with Crippen LogP contribution in [-0.2, 0) is 6.18 Å². The van der Waals surface area contributed by atoms with Crippen LogP contribution in [0.1, 0.15) is 22.8 Å². The number of furan rings is 1. The molecule has 2 nitrogen and oxygen atoms in total. The van der Waals surface area contributed by atoms with Crippen molar-refractivity contribution < 1.29 is 22.7 Å². The Balaban J connectivity index is 2.51. The van der Waals surface area contributed by atoms with Gasteiger partial charge in [-0.25, -0.2) is 0 Å². The summed E-state index contributed by atoms with van der Waals surface area (Å²) >= 11 is 2.99. The Bertz CT molecular complexity index is 535. The number of alkyl halides is 3. The lowest BCUT2D eigenvalue weighted by Crippen LogP contribution is -2.12. The van der Waals surface area contributed by atoms with Gasteiger partial charge in [-0.3, -0.25) is 0 Å². The summed E-state index contributed by atoms with van der Waals surface area (Å²) in [5.74, 6) is 0. The maximum absolute atomic E-state index is 12.9. The zero-order valence-electron chi connectivity index (χ0n) is 8.91. The monoisotopic (exact) mass is 320 g/mol. The first-order valence-corrected chi connectivity index (χ1v) is 5.75. The van der Waals surface area contributed by atoms with Gasteiger partial charge in [0, 0.05) is 10.0 Å². The molecule has 6 heteroatoms. The summed E-state index contributed by atoms with van der Waals surface area (Å²) in [6, 6.07) is 5.06. The summed E-state index contributed by atoms with van der Waals surface area (Å²) in [4.78, 5) is 0. The fourth-order valence-electron chi connectivity index (χ4n) is 1.62. The van der Waals surface area contributed by atoms with Gasteiger partial charge in [-0.2, -0.15) is 13.2 Å². The first-order chi connectivity index (χ1) is 8.39. The average molecular weight is 321 g/mol. The molecule has 0 aliphatic rings. The van der Waals surface area contributed by atoms with Crippen LogP contribution < -0.4 is 0 Å². The number of rotatable bonds is 2. The van der Waals surface area contributed by atoms with Gasteiger partial charge in [-0.1, -0.05) is 22.0 Å². The molecule has 18 heavy (non-hydrogen) atoms. The van der Waals surface area contributed by atoms with Crippen molar-refractivity contribution in [3.05, 3.63) is 58.0 Å². The summed E-state index contributed by atoms with van der Waals surface area (Å²) in [6.07, 6.45) is -3.38. The number of aliphatic hydroxyl groups excluding tert-OH is 1. The van der Waals surface area contributed by atoms with Crippen molar-refractivity contribution in [3.63, 3.8) is 0 Å². The van der Waals surface area contributed by atoms with Gasteiger partial charge in [0.1, 0.15) is 6.10 Å². The quantitative estimate of drug-likeness (QED) is 0.902. The van der Waals surface area contributed by atoms with Crippen LogP contribution in [-0.4, -0.2) is 5.11 Å². The van der Waals surface area contributed by atoms with Gasteiger partial charge < -0.3 is 9.52 Å². The molecule has 0 amide bonds. The SMILES string of the molecule is OC(c1ccoc1)c1ccc(Br)cc1C(F)(F)F. The van der Waals surface area contributed by atoms with E-state index in [1.165, 1.54) is 30.7 Å². The molecule has 1 N–H and O–H groups in total. The number of aliphatic hydroxyl groups is 1. The summed E-state index contributed by atoms with van der Waals surface area (Å²) in [5, 5.41) is 9.94. The molecule has 1 heterocycles. The molecule has 2 rings (SSSR count). The molecule has 0 aliphatic heterocycles. The van der Waals surface area contributed by atoms with Crippen molar-refractivity contribution in [3.8, 4) is 0 Å². The smallest absolute Gasteiger partial charge is 0.416 e. The number of hydrogen-bond donors (Lipinski definition) is 1. The van der Waals surface area contributed by atoms with E-state index < -0.39 is 17.8 Å². The van der Waals surface area contributed by atoms with E-state index in [9.17, 15) is 18.3 Å². The van der Waals surface area contributed by atoms with Crippen molar-refractivity contribution >= 4 is 15.9 Å². The predicted molar refractivity (Wildman–Crippen MR) is 61.9 cm³/mol. The van der Waals surface area contributed by atoms with Gasteiger partial charge in [-0.05, 0) is 23.8 Å². The van der Waals surface area contributed by atoms with E-state index in [2.05, 4.69) is 15.9 Å². The van der Waals surface area contributed by atoms with Gasteiger partial charge in [-0.15, -0.1) is 0 Å². The van der Waals surface area contributed by atoms with E-state index in [0.29, 0.717) is 4.47 Å². The van der Waals surface area contributed by atoms with Crippen molar-refractivity contribution in [2.75, 3.05) is 0 Å². The zero-order chi connectivity index (χ0) is 13.3. The lowest BCUT2D eigenvalue weighted by Gasteiger charge is -2.17. The van der Waals surface area contributed by atoms with Crippen molar-refractivity contribution in [1.82, 2.24) is 0 Å². The average Bonchev–Trinajstić information content (AvgIpc) is 2.80. The Hall–Kier alpha value is -1.27. The Labute approximate surface area is 109 Å². The van der Waals surface area contributed by atoms with Crippen LogP contribution in [0.25, 0.3) is 0 Å². The molecule has 0 bridgehead atoms. The molecule has 0 aliphatic carbocycles. The molecule has 1 aromatic carbocycles. The van der Waals surface area contributed by atoms with E-state index >= 15 is 0 Å². The van der Waals surface area contributed by atoms with Crippen LogP contribution in [0.4, 0.5) is 13.2 Å². The maximum Gasteiger partial charge on any atom is 0.416 e. The standard InChI is InChI=1S/C12H8BrF3O2/c13-8-1-2-9(10(5-8)12(14,15)16)11(17)7-3-4-18-6-7/h1-6,11,17H. The van der Waals surface area contributed by atoms with E-state index in [1.54, 1.807) is 0 Å².